The van der Waals surface area contributed by atoms with Gasteiger partial charge in [0.05, 0.1) is 24.2 Å². The van der Waals surface area contributed by atoms with E-state index in [1.807, 2.05) is 24.0 Å². The van der Waals surface area contributed by atoms with E-state index in [1.165, 1.54) is 12.2 Å². The number of hydrogen-bond donors (Lipinski definition) is 2. The Morgan fingerprint density at radius 2 is 2.10 bits per heavy atom. The number of aliphatic hydroxyl groups is 1. The van der Waals surface area contributed by atoms with Gasteiger partial charge in [0.15, 0.2) is 0 Å². The predicted octanol–water partition coefficient (Wildman–Crippen LogP) is 4.06. The first-order chi connectivity index (χ1) is 19.1. The largest absolute Gasteiger partial charge is 0.392 e. The number of likely N-dealkylation sites (tertiary alicyclic amines) is 1. The summed E-state index contributed by atoms with van der Waals surface area (Å²) in [5.74, 6) is -1.22. The molecule has 2 fully saturated rings. The molecule has 1 amide bonds. The highest BCUT2D eigenvalue weighted by atomic mass is 19.4. The number of anilines is 1. The summed E-state index contributed by atoms with van der Waals surface area (Å²) >= 11 is 0. The van der Waals surface area contributed by atoms with E-state index < -0.39 is 12.1 Å². The lowest BCUT2D eigenvalue weighted by atomic mass is 9.79. The van der Waals surface area contributed by atoms with Crippen molar-refractivity contribution >= 4 is 22.6 Å². The molecule has 1 atom stereocenters. The minimum Gasteiger partial charge on any atom is -0.392 e. The first-order valence-electron chi connectivity index (χ1n) is 13.4. The van der Waals surface area contributed by atoms with E-state index in [0.717, 1.165) is 28.5 Å². The molecule has 2 aliphatic heterocycles. The molecule has 0 bridgehead atoms. The highest BCUT2D eigenvalue weighted by Gasteiger charge is 2.50. The molecular formula is C29H29F3N6O2. The maximum atomic E-state index is 13.8. The summed E-state index contributed by atoms with van der Waals surface area (Å²) < 4.78 is 41.5. The van der Waals surface area contributed by atoms with Crippen LogP contribution in [-0.4, -0.2) is 70.1 Å². The number of aryl methyl sites for hydroxylation is 1. The first-order valence-corrected chi connectivity index (χ1v) is 13.4. The second-order valence-corrected chi connectivity index (χ2v) is 11.2. The molecule has 4 heterocycles. The molecule has 40 heavy (non-hydrogen) atoms. The van der Waals surface area contributed by atoms with E-state index in [0.29, 0.717) is 54.4 Å². The van der Waals surface area contributed by atoms with Crippen molar-refractivity contribution in [3.8, 4) is 17.2 Å². The molecule has 0 saturated carbocycles. The summed E-state index contributed by atoms with van der Waals surface area (Å²) in [7, 11) is 0. The van der Waals surface area contributed by atoms with Crippen LogP contribution in [0.2, 0.25) is 0 Å². The van der Waals surface area contributed by atoms with Gasteiger partial charge in [-0.2, -0.15) is 23.5 Å². The van der Waals surface area contributed by atoms with E-state index >= 15 is 0 Å². The molecule has 2 saturated heterocycles. The van der Waals surface area contributed by atoms with Crippen LogP contribution in [0.5, 0.6) is 0 Å². The van der Waals surface area contributed by atoms with Crippen molar-refractivity contribution in [3.63, 3.8) is 0 Å². The minimum absolute atomic E-state index is 0.0444. The summed E-state index contributed by atoms with van der Waals surface area (Å²) in [5.41, 5.74) is 4.48. The fourth-order valence-electron chi connectivity index (χ4n) is 6.65. The molecule has 2 aromatic heterocycles. The van der Waals surface area contributed by atoms with Crippen molar-refractivity contribution in [2.24, 2.45) is 11.3 Å². The van der Waals surface area contributed by atoms with Gasteiger partial charge in [0.1, 0.15) is 17.5 Å². The Hall–Kier alpha value is -3.91. The molecule has 8 nitrogen and oxygen atoms in total. The topological polar surface area (TPSA) is 109 Å². The van der Waals surface area contributed by atoms with Gasteiger partial charge in [-0.25, -0.2) is 4.98 Å². The number of pyridine rings is 1. The zero-order valence-electron chi connectivity index (χ0n) is 22.1. The number of amides is 1. The highest BCUT2D eigenvalue weighted by Crippen LogP contribution is 2.47. The van der Waals surface area contributed by atoms with Crippen molar-refractivity contribution in [2.75, 3.05) is 37.7 Å². The van der Waals surface area contributed by atoms with Gasteiger partial charge in [-0.1, -0.05) is 12.1 Å². The molecule has 1 spiro atoms. The van der Waals surface area contributed by atoms with Gasteiger partial charge in [-0.05, 0) is 48.9 Å². The fraction of sp³-hybridized carbons (Fsp3) is 0.448. The maximum absolute atomic E-state index is 13.8. The lowest BCUT2D eigenvalue weighted by Crippen LogP contribution is -2.59. The smallest absolute Gasteiger partial charge is 0.392 e. The molecule has 3 aliphatic rings. The van der Waals surface area contributed by atoms with E-state index in [-0.39, 0.29) is 37.2 Å². The zero-order chi connectivity index (χ0) is 28.2. The van der Waals surface area contributed by atoms with Gasteiger partial charge >= 0.3 is 6.18 Å². The second-order valence-electron chi connectivity index (χ2n) is 11.2. The molecule has 208 valence electrons. The Morgan fingerprint density at radius 1 is 1.30 bits per heavy atom. The first kappa shape index (κ1) is 26.3. The number of carbonyl (C=O) groups excluding carboxylic acids is 1. The van der Waals surface area contributed by atoms with Gasteiger partial charge in [0.25, 0.3) is 0 Å². The molecule has 2 N–H and O–H groups in total. The van der Waals surface area contributed by atoms with Gasteiger partial charge < -0.3 is 14.9 Å². The van der Waals surface area contributed by atoms with Crippen LogP contribution in [0.25, 0.3) is 22.0 Å². The van der Waals surface area contributed by atoms with Crippen LogP contribution >= 0.6 is 0 Å². The van der Waals surface area contributed by atoms with Crippen LogP contribution in [0.15, 0.2) is 30.5 Å². The number of halogens is 3. The molecule has 1 aliphatic carbocycles. The lowest BCUT2D eigenvalue weighted by molar-refractivity contribution is -0.177. The van der Waals surface area contributed by atoms with Gasteiger partial charge in [0.2, 0.25) is 5.91 Å². The Kier molecular flexibility index (Phi) is 6.33. The number of nitrogens with one attached hydrogen (secondary N) is 1. The van der Waals surface area contributed by atoms with Crippen LogP contribution in [0, 0.1) is 29.6 Å². The molecule has 1 aromatic carbocycles. The molecule has 3 aromatic rings. The number of benzene rings is 1. The third-order valence-electron chi connectivity index (χ3n) is 8.67. The van der Waals surface area contributed by atoms with Crippen molar-refractivity contribution < 1.29 is 23.1 Å². The van der Waals surface area contributed by atoms with Crippen LogP contribution in [0.3, 0.4) is 0 Å². The van der Waals surface area contributed by atoms with Crippen molar-refractivity contribution in [2.45, 2.75) is 38.8 Å². The summed E-state index contributed by atoms with van der Waals surface area (Å²) in [6.07, 6.45) is 0.846. The van der Waals surface area contributed by atoms with Crippen molar-refractivity contribution in [1.29, 1.82) is 5.26 Å². The number of hydrogen-bond acceptors (Lipinski definition) is 6. The molecule has 0 radical (unpaired) electrons. The molecule has 6 rings (SSSR count). The number of aliphatic hydroxyl groups excluding tert-OH is 1. The summed E-state index contributed by atoms with van der Waals surface area (Å²) in [5, 5.41) is 27.4. The zero-order valence-corrected chi connectivity index (χ0v) is 22.1. The van der Waals surface area contributed by atoms with Gasteiger partial charge in [-0.15, -0.1) is 0 Å². The standard InChI is InChI=1S/C29H29F3N6O2/c1-17-4-7-22-21(13-34-36-22)25(17)26-19-6-5-18(29(30,31)32)11-23(19)35-27(20(26)12-33)37-9-8-28(14-37)15-38(16-28)24(40)3-2-10-39/h2-4,7,13,18,39H,5-6,8-11,14-16H2,1H3,(H,34,36)/b3-2+. The third-order valence-corrected chi connectivity index (χ3v) is 8.67. The SMILES string of the molecule is Cc1ccc2[nH]ncc2c1-c1c(C#N)c(N2CCC3(CN(C(=O)/C=C/CO)C3)C2)nc2c1CCC(C(F)(F)F)C2. The Balaban J connectivity index is 1.44. The van der Waals surface area contributed by atoms with Crippen molar-refractivity contribution in [3.05, 3.63) is 52.9 Å². The number of alkyl halides is 3. The number of fused-ring (bicyclic) bond motifs is 2. The summed E-state index contributed by atoms with van der Waals surface area (Å²) in [6, 6.07) is 6.21. The normalized spacial score (nSPS) is 20.2. The average molecular weight is 551 g/mol. The number of nitriles is 1. The minimum atomic E-state index is -4.32. The van der Waals surface area contributed by atoms with Crippen LogP contribution in [0.1, 0.15) is 35.2 Å². The van der Waals surface area contributed by atoms with E-state index in [2.05, 4.69) is 16.3 Å². The van der Waals surface area contributed by atoms with E-state index in [9.17, 15) is 23.2 Å². The number of nitrogens with zero attached hydrogens (tertiary/aromatic N) is 5. The predicted molar refractivity (Wildman–Crippen MR) is 142 cm³/mol. The number of aromatic amines is 1. The molecular weight excluding hydrogens is 521 g/mol. The molecule has 11 heteroatoms. The van der Waals surface area contributed by atoms with Crippen LogP contribution < -0.4 is 4.90 Å². The fourth-order valence-corrected chi connectivity index (χ4v) is 6.65. The van der Waals surface area contributed by atoms with Crippen LogP contribution in [0.4, 0.5) is 19.0 Å². The summed E-state index contributed by atoms with van der Waals surface area (Å²) in [6.45, 7) is 3.96. The van der Waals surface area contributed by atoms with Gasteiger partial charge in [0, 0.05) is 60.7 Å². The summed E-state index contributed by atoms with van der Waals surface area (Å²) in [4.78, 5) is 20.8. The number of H-pyrrole nitrogens is 1. The average Bonchev–Trinajstić information content (AvgIpc) is 3.57. The lowest BCUT2D eigenvalue weighted by Gasteiger charge is -2.47. The number of carbonyl (C=O) groups is 1. The monoisotopic (exact) mass is 550 g/mol. The van der Waals surface area contributed by atoms with E-state index in [4.69, 9.17) is 10.1 Å². The Labute approximate surface area is 229 Å². The van der Waals surface area contributed by atoms with Gasteiger partial charge in [-0.3, -0.25) is 9.89 Å². The van der Waals surface area contributed by atoms with Crippen LogP contribution in [-0.2, 0) is 17.6 Å². The Morgan fingerprint density at radius 3 is 2.83 bits per heavy atom. The highest BCUT2D eigenvalue weighted by molar-refractivity contribution is 5.99. The van der Waals surface area contributed by atoms with Crippen molar-refractivity contribution in [1.82, 2.24) is 20.1 Å². The Bertz CT molecular complexity index is 1560. The second kappa shape index (κ2) is 9.63. The number of rotatable bonds is 4. The third kappa shape index (κ3) is 4.31. The number of aromatic nitrogens is 3. The molecule has 1 unspecified atom stereocenters. The quantitative estimate of drug-likeness (QED) is 0.475. The van der Waals surface area contributed by atoms with E-state index in [1.54, 1.807) is 11.1 Å². The maximum Gasteiger partial charge on any atom is 0.392 e.